The van der Waals surface area contributed by atoms with E-state index in [2.05, 4.69) is 15.5 Å². The van der Waals surface area contributed by atoms with E-state index < -0.39 is 0 Å². The second kappa shape index (κ2) is 7.01. The summed E-state index contributed by atoms with van der Waals surface area (Å²) in [4.78, 5) is 14.2. The SMILES string of the molecule is COC1CCCN(c2ccc(NC(=O)NC(C)(C)C)cc2)C1. The number of amides is 2. The van der Waals surface area contributed by atoms with Gasteiger partial charge in [-0.1, -0.05) is 0 Å². The zero-order chi connectivity index (χ0) is 16.2. The number of rotatable bonds is 3. The van der Waals surface area contributed by atoms with E-state index in [-0.39, 0.29) is 11.6 Å². The largest absolute Gasteiger partial charge is 0.380 e. The summed E-state index contributed by atoms with van der Waals surface area (Å²) in [6.45, 7) is 7.85. The van der Waals surface area contributed by atoms with Crippen LogP contribution in [-0.2, 0) is 4.74 Å². The lowest BCUT2D eigenvalue weighted by atomic mass is 10.1. The second-order valence-corrected chi connectivity index (χ2v) is 6.82. The number of carbonyl (C=O) groups excluding carboxylic acids is 1. The van der Waals surface area contributed by atoms with E-state index in [1.807, 2.05) is 45.0 Å². The van der Waals surface area contributed by atoms with Crippen LogP contribution >= 0.6 is 0 Å². The molecule has 1 aliphatic heterocycles. The summed E-state index contributed by atoms with van der Waals surface area (Å²) in [5, 5.41) is 5.74. The van der Waals surface area contributed by atoms with Crippen molar-refractivity contribution in [1.29, 1.82) is 0 Å². The summed E-state index contributed by atoms with van der Waals surface area (Å²) in [6.07, 6.45) is 2.58. The molecule has 2 amide bonds. The van der Waals surface area contributed by atoms with Crippen molar-refractivity contribution in [2.24, 2.45) is 0 Å². The average Bonchev–Trinajstić information content (AvgIpc) is 2.46. The zero-order valence-electron chi connectivity index (χ0n) is 14.0. The molecule has 0 aromatic heterocycles. The molecule has 122 valence electrons. The molecule has 0 saturated carbocycles. The maximum Gasteiger partial charge on any atom is 0.319 e. The van der Waals surface area contributed by atoms with Gasteiger partial charge in [0.15, 0.2) is 0 Å². The van der Waals surface area contributed by atoms with Crippen LogP contribution in [0.1, 0.15) is 33.6 Å². The summed E-state index contributed by atoms with van der Waals surface area (Å²) in [5.41, 5.74) is 1.72. The lowest BCUT2D eigenvalue weighted by Crippen LogP contribution is -2.43. The van der Waals surface area contributed by atoms with E-state index in [4.69, 9.17) is 4.74 Å². The molecule has 2 N–H and O–H groups in total. The molecule has 1 atom stereocenters. The van der Waals surface area contributed by atoms with Gasteiger partial charge >= 0.3 is 6.03 Å². The number of piperidine rings is 1. The predicted octanol–water partition coefficient (Wildman–Crippen LogP) is 3.22. The average molecular weight is 305 g/mol. The van der Waals surface area contributed by atoms with Gasteiger partial charge in [0, 0.05) is 37.1 Å². The number of urea groups is 1. The molecule has 5 heteroatoms. The minimum absolute atomic E-state index is 0.183. The van der Waals surface area contributed by atoms with Crippen LogP contribution in [0.25, 0.3) is 0 Å². The second-order valence-electron chi connectivity index (χ2n) is 6.82. The fourth-order valence-corrected chi connectivity index (χ4v) is 2.62. The summed E-state index contributed by atoms with van der Waals surface area (Å²) in [7, 11) is 1.77. The molecule has 2 rings (SSSR count). The highest BCUT2D eigenvalue weighted by Gasteiger charge is 2.19. The van der Waals surface area contributed by atoms with Gasteiger partial charge in [0.2, 0.25) is 0 Å². The Balaban J connectivity index is 1.94. The van der Waals surface area contributed by atoms with Crippen molar-refractivity contribution >= 4 is 17.4 Å². The van der Waals surface area contributed by atoms with Gasteiger partial charge < -0.3 is 20.3 Å². The zero-order valence-corrected chi connectivity index (χ0v) is 14.0. The van der Waals surface area contributed by atoms with Gasteiger partial charge in [-0.3, -0.25) is 0 Å². The number of methoxy groups -OCH3 is 1. The fraction of sp³-hybridized carbons (Fsp3) is 0.588. The van der Waals surface area contributed by atoms with Gasteiger partial charge in [0.05, 0.1) is 6.10 Å². The van der Waals surface area contributed by atoms with Crippen molar-refractivity contribution in [2.75, 3.05) is 30.4 Å². The van der Waals surface area contributed by atoms with Crippen LogP contribution in [-0.4, -0.2) is 37.9 Å². The first-order valence-electron chi connectivity index (χ1n) is 7.84. The van der Waals surface area contributed by atoms with Crippen LogP contribution in [0.2, 0.25) is 0 Å². The van der Waals surface area contributed by atoms with E-state index in [0.29, 0.717) is 6.10 Å². The van der Waals surface area contributed by atoms with Gasteiger partial charge in [0.1, 0.15) is 0 Å². The minimum atomic E-state index is -0.243. The number of nitrogens with one attached hydrogen (secondary N) is 2. The number of hydrogen-bond donors (Lipinski definition) is 2. The standard InChI is InChI=1S/C17H27N3O2/c1-17(2,3)19-16(21)18-13-7-9-14(10-8-13)20-11-5-6-15(12-20)22-4/h7-10,15H,5-6,11-12H2,1-4H3,(H2,18,19,21). The van der Waals surface area contributed by atoms with Gasteiger partial charge in [-0.15, -0.1) is 0 Å². The van der Waals surface area contributed by atoms with Gasteiger partial charge in [-0.2, -0.15) is 0 Å². The first-order chi connectivity index (χ1) is 10.4. The summed E-state index contributed by atoms with van der Waals surface area (Å²) < 4.78 is 5.46. The maximum absolute atomic E-state index is 11.8. The third-order valence-electron chi connectivity index (χ3n) is 3.69. The Labute approximate surface area is 133 Å². The Morgan fingerprint density at radius 1 is 1.27 bits per heavy atom. The minimum Gasteiger partial charge on any atom is -0.380 e. The molecule has 0 radical (unpaired) electrons. The number of hydrogen-bond acceptors (Lipinski definition) is 3. The monoisotopic (exact) mass is 305 g/mol. The first kappa shape index (κ1) is 16.6. The van der Waals surface area contributed by atoms with E-state index in [0.717, 1.165) is 31.6 Å². The maximum atomic E-state index is 11.8. The van der Waals surface area contributed by atoms with Crippen molar-refractivity contribution in [1.82, 2.24) is 5.32 Å². The van der Waals surface area contributed by atoms with E-state index in [9.17, 15) is 4.79 Å². The summed E-state index contributed by atoms with van der Waals surface area (Å²) in [5.74, 6) is 0. The molecule has 1 unspecified atom stereocenters. The first-order valence-corrected chi connectivity index (χ1v) is 7.84. The van der Waals surface area contributed by atoms with Crippen molar-refractivity contribution in [3.8, 4) is 0 Å². The molecular formula is C17H27N3O2. The molecule has 1 aromatic carbocycles. The van der Waals surface area contributed by atoms with Crippen LogP contribution in [0.4, 0.5) is 16.2 Å². The molecule has 22 heavy (non-hydrogen) atoms. The Kier molecular flexibility index (Phi) is 5.29. The number of anilines is 2. The number of ether oxygens (including phenoxy) is 1. The molecule has 1 heterocycles. The molecule has 5 nitrogen and oxygen atoms in total. The lowest BCUT2D eigenvalue weighted by molar-refractivity contribution is 0.0893. The Morgan fingerprint density at radius 2 is 1.95 bits per heavy atom. The molecule has 1 aliphatic rings. The van der Waals surface area contributed by atoms with Crippen molar-refractivity contribution < 1.29 is 9.53 Å². The summed E-state index contributed by atoms with van der Waals surface area (Å²) >= 11 is 0. The van der Waals surface area contributed by atoms with Gasteiger partial charge in [0.25, 0.3) is 0 Å². The molecule has 1 saturated heterocycles. The van der Waals surface area contributed by atoms with Crippen LogP contribution in [0.5, 0.6) is 0 Å². The quantitative estimate of drug-likeness (QED) is 0.901. The van der Waals surface area contributed by atoms with E-state index in [1.165, 1.54) is 5.69 Å². The predicted molar refractivity (Wildman–Crippen MR) is 90.6 cm³/mol. The fourth-order valence-electron chi connectivity index (χ4n) is 2.62. The van der Waals surface area contributed by atoms with Crippen LogP contribution in [0.3, 0.4) is 0 Å². The number of nitrogens with zero attached hydrogens (tertiary/aromatic N) is 1. The molecule has 0 aliphatic carbocycles. The Hall–Kier alpha value is -1.75. The highest BCUT2D eigenvalue weighted by molar-refractivity contribution is 5.89. The topological polar surface area (TPSA) is 53.6 Å². The van der Waals surface area contributed by atoms with Crippen molar-refractivity contribution in [3.05, 3.63) is 24.3 Å². The third-order valence-corrected chi connectivity index (χ3v) is 3.69. The normalized spacial score (nSPS) is 18.9. The number of benzene rings is 1. The van der Waals surface area contributed by atoms with Crippen LogP contribution in [0, 0.1) is 0 Å². The van der Waals surface area contributed by atoms with Gasteiger partial charge in [-0.05, 0) is 57.9 Å². The van der Waals surface area contributed by atoms with Crippen molar-refractivity contribution in [2.45, 2.75) is 45.3 Å². The summed E-state index contributed by atoms with van der Waals surface area (Å²) in [6, 6.07) is 7.79. The van der Waals surface area contributed by atoms with Crippen LogP contribution < -0.4 is 15.5 Å². The Morgan fingerprint density at radius 3 is 2.55 bits per heavy atom. The lowest BCUT2D eigenvalue weighted by Gasteiger charge is -2.33. The number of carbonyl (C=O) groups is 1. The Bertz CT molecular complexity index is 494. The molecule has 0 spiro atoms. The highest BCUT2D eigenvalue weighted by atomic mass is 16.5. The molecular weight excluding hydrogens is 278 g/mol. The van der Waals surface area contributed by atoms with E-state index >= 15 is 0 Å². The molecule has 0 bridgehead atoms. The van der Waals surface area contributed by atoms with Gasteiger partial charge in [-0.25, -0.2) is 4.79 Å². The van der Waals surface area contributed by atoms with Crippen LogP contribution in [0.15, 0.2) is 24.3 Å². The van der Waals surface area contributed by atoms with Crippen molar-refractivity contribution in [3.63, 3.8) is 0 Å². The van der Waals surface area contributed by atoms with E-state index in [1.54, 1.807) is 7.11 Å². The molecule has 1 fully saturated rings. The molecule has 1 aromatic rings. The highest BCUT2D eigenvalue weighted by Crippen LogP contribution is 2.23. The third kappa shape index (κ3) is 4.91. The smallest absolute Gasteiger partial charge is 0.319 e.